The summed E-state index contributed by atoms with van der Waals surface area (Å²) >= 11 is 0. The van der Waals surface area contributed by atoms with E-state index in [9.17, 15) is 4.79 Å². The highest BCUT2D eigenvalue weighted by molar-refractivity contribution is 5.93. The molecule has 5 heteroatoms. The van der Waals surface area contributed by atoms with Gasteiger partial charge in [0.05, 0.1) is 23.6 Å². The van der Waals surface area contributed by atoms with Crippen molar-refractivity contribution in [2.75, 3.05) is 5.73 Å². The number of carbonyl (C=O) groups is 1. The molecule has 0 bridgehead atoms. The lowest BCUT2D eigenvalue weighted by atomic mass is 10.1. The molecule has 3 N–H and O–H groups in total. The minimum atomic E-state index is -1.08. The van der Waals surface area contributed by atoms with Gasteiger partial charge in [0, 0.05) is 6.07 Å². The van der Waals surface area contributed by atoms with Gasteiger partial charge in [-0.25, -0.2) is 9.78 Å². The molecule has 0 radical (unpaired) electrons. The van der Waals surface area contributed by atoms with Crippen LogP contribution in [0.5, 0.6) is 5.88 Å². The summed E-state index contributed by atoms with van der Waals surface area (Å²) in [6.07, 6.45) is 2.18. The van der Waals surface area contributed by atoms with E-state index < -0.39 is 5.97 Å². The highest BCUT2D eigenvalue weighted by atomic mass is 16.5. The largest absolute Gasteiger partial charge is 0.478 e. The minimum Gasteiger partial charge on any atom is -0.478 e. The molecule has 0 saturated carbocycles. The first kappa shape index (κ1) is 13.3. The molecule has 0 aliphatic carbocycles. The number of pyridine rings is 1. The summed E-state index contributed by atoms with van der Waals surface area (Å²) in [6, 6.07) is 1.36. The number of nitrogens with two attached hydrogens (primary N) is 1. The van der Waals surface area contributed by atoms with Crippen LogP contribution in [0.15, 0.2) is 12.3 Å². The number of nitrogens with zero attached hydrogens (tertiary/aromatic N) is 1. The van der Waals surface area contributed by atoms with Gasteiger partial charge in [0.2, 0.25) is 5.88 Å². The molecule has 0 fully saturated rings. The van der Waals surface area contributed by atoms with Crippen molar-refractivity contribution in [2.45, 2.75) is 33.3 Å². The molecule has 1 aromatic heterocycles. The first-order valence-electron chi connectivity index (χ1n) is 5.55. The van der Waals surface area contributed by atoms with E-state index in [1.165, 1.54) is 12.3 Å². The Hall–Kier alpha value is -1.78. The summed E-state index contributed by atoms with van der Waals surface area (Å²) in [6.45, 7) is 6.12. The number of carboxylic acids is 1. The summed E-state index contributed by atoms with van der Waals surface area (Å²) in [4.78, 5) is 14.8. The Kier molecular flexibility index (Phi) is 4.31. The SMILES string of the molecule is CC(C)CC(C)Oc1cc(C(=O)O)c(N)cn1. The Balaban J connectivity index is 2.79. The topological polar surface area (TPSA) is 85.4 Å². The molecule has 0 amide bonds. The fraction of sp³-hybridized carbons (Fsp3) is 0.500. The molecule has 17 heavy (non-hydrogen) atoms. The molecule has 0 saturated heterocycles. The Morgan fingerprint density at radius 1 is 1.53 bits per heavy atom. The summed E-state index contributed by atoms with van der Waals surface area (Å²) in [7, 11) is 0. The molecular weight excluding hydrogens is 220 g/mol. The van der Waals surface area contributed by atoms with Gasteiger partial charge < -0.3 is 15.6 Å². The van der Waals surface area contributed by atoms with Crippen LogP contribution < -0.4 is 10.5 Å². The average molecular weight is 238 g/mol. The second-order valence-electron chi connectivity index (χ2n) is 4.47. The Morgan fingerprint density at radius 3 is 2.71 bits per heavy atom. The first-order chi connectivity index (χ1) is 7.90. The van der Waals surface area contributed by atoms with Crippen molar-refractivity contribution in [1.29, 1.82) is 0 Å². The number of hydrogen-bond acceptors (Lipinski definition) is 4. The summed E-state index contributed by atoms with van der Waals surface area (Å²) in [5, 5.41) is 8.91. The number of rotatable bonds is 5. The number of aromatic carboxylic acids is 1. The second-order valence-corrected chi connectivity index (χ2v) is 4.47. The van der Waals surface area contributed by atoms with Crippen molar-refractivity contribution in [1.82, 2.24) is 4.98 Å². The number of nitrogen functional groups attached to an aromatic ring is 1. The molecule has 1 aromatic rings. The minimum absolute atomic E-state index is 0.00670. The van der Waals surface area contributed by atoms with E-state index in [4.69, 9.17) is 15.6 Å². The fourth-order valence-electron chi connectivity index (χ4n) is 1.61. The van der Waals surface area contributed by atoms with Gasteiger partial charge >= 0.3 is 5.97 Å². The van der Waals surface area contributed by atoms with Crippen LogP contribution in [0.3, 0.4) is 0 Å². The molecule has 0 spiro atoms. The predicted molar refractivity (Wildman–Crippen MR) is 65.2 cm³/mol. The van der Waals surface area contributed by atoms with Crippen LogP contribution >= 0.6 is 0 Å². The molecule has 94 valence electrons. The lowest BCUT2D eigenvalue weighted by molar-refractivity contribution is 0.0696. The van der Waals surface area contributed by atoms with E-state index in [0.29, 0.717) is 11.8 Å². The lowest BCUT2D eigenvalue weighted by Crippen LogP contribution is -2.16. The van der Waals surface area contributed by atoms with Crippen molar-refractivity contribution < 1.29 is 14.6 Å². The lowest BCUT2D eigenvalue weighted by Gasteiger charge is -2.16. The fourth-order valence-corrected chi connectivity index (χ4v) is 1.61. The predicted octanol–water partition coefficient (Wildman–Crippen LogP) is 2.18. The third-order valence-electron chi connectivity index (χ3n) is 2.27. The van der Waals surface area contributed by atoms with E-state index in [1.807, 2.05) is 6.92 Å². The van der Waals surface area contributed by atoms with Crippen LogP contribution in [-0.4, -0.2) is 22.2 Å². The first-order valence-corrected chi connectivity index (χ1v) is 5.55. The van der Waals surface area contributed by atoms with Gasteiger partial charge in [-0.3, -0.25) is 0 Å². The van der Waals surface area contributed by atoms with Gasteiger partial charge in [-0.15, -0.1) is 0 Å². The summed E-state index contributed by atoms with van der Waals surface area (Å²) < 4.78 is 5.54. The molecule has 1 unspecified atom stereocenters. The normalized spacial score (nSPS) is 12.5. The maximum Gasteiger partial charge on any atom is 0.338 e. The molecule has 1 atom stereocenters. The van der Waals surface area contributed by atoms with Crippen molar-refractivity contribution in [3.63, 3.8) is 0 Å². The number of carboxylic acid groups (broad SMARTS) is 1. The quantitative estimate of drug-likeness (QED) is 0.821. The van der Waals surface area contributed by atoms with Crippen molar-refractivity contribution in [2.24, 2.45) is 5.92 Å². The summed E-state index contributed by atoms with van der Waals surface area (Å²) in [5.41, 5.74) is 5.66. The zero-order chi connectivity index (χ0) is 13.0. The molecule has 1 heterocycles. The van der Waals surface area contributed by atoms with Crippen LogP contribution in [0, 0.1) is 5.92 Å². The maximum atomic E-state index is 10.9. The van der Waals surface area contributed by atoms with E-state index in [2.05, 4.69) is 18.8 Å². The van der Waals surface area contributed by atoms with Crippen molar-refractivity contribution in [3.05, 3.63) is 17.8 Å². The van der Waals surface area contributed by atoms with Crippen molar-refractivity contribution in [3.8, 4) is 5.88 Å². The monoisotopic (exact) mass is 238 g/mol. The van der Waals surface area contributed by atoms with Gasteiger partial charge in [-0.05, 0) is 19.3 Å². The van der Waals surface area contributed by atoms with Gasteiger partial charge in [0.25, 0.3) is 0 Å². The number of ether oxygens (including phenoxy) is 1. The van der Waals surface area contributed by atoms with Gasteiger partial charge in [-0.1, -0.05) is 13.8 Å². The van der Waals surface area contributed by atoms with E-state index in [0.717, 1.165) is 6.42 Å². The van der Waals surface area contributed by atoms with Gasteiger partial charge in [-0.2, -0.15) is 0 Å². The molecule has 0 aromatic carbocycles. The number of anilines is 1. The Bertz CT molecular complexity index is 405. The van der Waals surface area contributed by atoms with Crippen LogP contribution in [0.25, 0.3) is 0 Å². The number of hydrogen-bond donors (Lipinski definition) is 2. The van der Waals surface area contributed by atoms with E-state index in [1.54, 1.807) is 0 Å². The van der Waals surface area contributed by atoms with Crippen LogP contribution in [0.2, 0.25) is 0 Å². The average Bonchev–Trinajstić information content (AvgIpc) is 2.19. The zero-order valence-electron chi connectivity index (χ0n) is 10.3. The molecule has 5 nitrogen and oxygen atoms in total. The Morgan fingerprint density at radius 2 is 2.18 bits per heavy atom. The Labute approximate surface area is 101 Å². The van der Waals surface area contributed by atoms with E-state index in [-0.39, 0.29) is 17.4 Å². The van der Waals surface area contributed by atoms with Crippen molar-refractivity contribution >= 4 is 11.7 Å². The second kappa shape index (κ2) is 5.52. The third-order valence-corrected chi connectivity index (χ3v) is 2.27. The van der Waals surface area contributed by atoms with E-state index >= 15 is 0 Å². The standard InChI is InChI=1S/C12H18N2O3/c1-7(2)4-8(3)17-11-5-9(12(15)16)10(13)6-14-11/h5-8H,4,13H2,1-3H3,(H,15,16). The zero-order valence-corrected chi connectivity index (χ0v) is 10.3. The molecule has 0 aliphatic heterocycles. The highest BCUT2D eigenvalue weighted by Gasteiger charge is 2.12. The smallest absolute Gasteiger partial charge is 0.338 e. The molecule has 0 aliphatic rings. The summed E-state index contributed by atoms with van der Waals surface area (Å²) in [5.74, 6) is -0.270. The van der Waals surface area contributed by atoms with Gasteiger partial charge in [0.1, 0.15) is 0 Å². The molecule has 1 rings (SSSR count). The number of aromatic nitrogens is 1. The van der Waals surface area contributed by atoms with Crippen LogP contribution in [-0.2, 0) is 0 Å². The molecular formula is C12H18N2O3. The van der Waals surface area contributed by atoms with Gasteiger partial charge in [0.15, 0.2) is 0 Å². The van der Waals surface area contributed by atoms with Crippen LogP contribution in [0.1, 0.15) is 37.6 Å². The highest BCUT2D eigenvalue weighted by Crippen LogP contribution is 2.19. The van der Waals surface area contributed by atoms with Crippen LogP contribution in [0.4, 0.5) is 5.69 Å². The maximum absolute atomic E-state index is 10.9. The third kappa shape index (κ3) is 3.94.